The van der Waals surface area contributed by atoms with E-state index in [1.165, 1.54) is 32.1 Å². The molecule has 0 unspecified atom stereocenters. The lowest BCUT2D eigenvalue weighted by Crippen LogP contribution is -2.07. The van der Waals surface area contributed by atoms with Crippen molar-refractivity contribution >= 4 is 0 Å². The zero-order chi connectivity index (χ0) is 15.4. The van der Waals surface area contributed by atoms with Crippen LogP contribution in [0.25, 0.3) is 0 Å². The Bertz CT molecular complexity index is 303. The fourth-order valence-corrected chi connectivity index (χ4v) is 1.88. The van der Waals surface area contributed by atoms with Gasteiger partial charge in [0.1, 0.15) is 0 Å². The van der Waals surface area contributed by atoms with Crippen LogP contribution in [-0.4, -0.2) is 11.8 Å². The summed E-state index contributed by atoms with van der Waals surface area (Å²) in [7, 11) is 0. The highest BCUT2D eigenvalue weighted by Crippen LogP contribution is 2.03. The van der Waals surface area contributed by atoms with Gasteiger partial charge < -0.3 is 5.21 Å². The molecule has 0 aromatic rings. The molecule has 120 valence electrons. The standard InChI is InChI=1S/C19H33NO/c1-2-3-4-5-6-7-8-9-10-11-12-13-14-15-16-17-18-19-20-21/h7-10,12-13,15-16,20-21H,2-6,11,14,17-19H2,1H3/b8-7+,10-9-,13-12-,16-15-. The maximum absolute atomic E-state index is 8.40. The molecule has 0 aromatic heterocycles. The van der Waals surface area contributed by atoms with E-state index < -0.39 is 0 Å². The first-order valence-corrected chi connectivity index (χ1v) is 8.40. The summed E-state index contributed by atoms with van der Waals surface area (Å²) in [4.78, 5) is 0. The van der Waals surface area contributed by atoms with Crippen LogP contribution in [0.15, 0.2) is 48.6 Å². The Labute approximate surface area is 131 Å². The van der Waals surface area contributed by atoms with Gasteiger partial charge in [-0.3, -0.25) is 0 Å². The molecule has 0 heterocycles. The number of unbranched alkanes of at least 4 members (excludes halogenated alkanes) is 5. The van der Waals surface area contributed by atoms with Crippen molar-refractivity contribution in [2.24, 2.45) is 0 Å². The van der Waals surface area contributed by atoms with Gasteiger partial charge in [-0.05, 0) is 38.5 Å². The summed E-state index contributed by atoms with van der Waals surface area (Å²) in [5.74, 6) is 0. The first-order chi connectivity index (χ1) is 10.4. The molecular weight excluding hydrogens is 258 g/mol. The first kappa shape index (κ1) is 19.9. The molecule has 0 saturated heterocycles. The molecule has 2 heteroatoms. The highest BCUT2D eigenvalue weighted by atomic mass is 16.5. The third-order valence-electron chi connectivity index (χ3n) is 3.14. The second kappa shape index (κ2) is 18.9. The summed E-state index contributed by atoms with van der Waals surface area (Å²) in [5, 5.41) is 8.40. The predicted molar refractivity (Wildman–Crippen MR) is 93.6 cm³/mol. The van der Waals surface area contributed by atoms with E-state index in [1.54, 1.807) is 0 Å². The molecule has 0 aliphatic carbocycles. The van der Waals surface area contributed by atoms with Crippen molar-refractivity contribution in [2.75, 3.05) is 6.54 Å². The summed E-state index contributed by atoms with van der Waals surface area (Å²) in [6.07, 6.45) is 28.0. The second-order valence-corrected chi connectivity index (χ2v) is 5.17. The Morgan fingerprint density at radius 2 is 1.38 bits per heavy atom. The van der Waals surface area contributed by atoms with E-state index in [4.69, 9.17) is 5.21 Å². The Hall–Kier alpha value is -1.12. The van der Waals surface area contributed by atoms with Crippen LogP contribution in [-0.2, 0) is 0 Å². The maximum atomic E-state index is 8.40. The van der Waals surface area contributed by atoms with E-state index in [2.05, 4.69) is 61.0 Å². The minimum atomic E-state index is 0.664. The molecular formula is C19H33NO. The van der Waals surface area contributed by atoms with E-state index in [0.717, 1.165) is 25.7 Å². The molecule has 0 rings (SSSR count). The zero-order valence-corrected chi connectivity index (χ0v) is 13.6. The van der Waals surface area contributed by atoms with Gasteiger partial charge in [0.05, 0.1) is 0 Å². The molecule has 0 atom stereocenters. The third kappa shape index (κ3) is 18.9. The number of allylic oxidation sites excluding steroid dienone is 8. The average Bonchev–Trinajstić information content (AvgIpc) is 2.50. The lowest BCUT2D eigenvalue weighted by atomic mass is 10.1. The summed E-state index contributed by atoms with van der Waals surface area (Å²) >= 11 is 0. The minimum absolute atomic E-state index is 0.664. The summed E-state index contributed by atoms with van der Waals surface area (Å²) in [5.41, 5.74) is 2.16. The quantitative estimate of drug-likeness (QED) is 0.186. The van der Waals surface area contributed by atoms with Crippen molar-refractivity contribution in [3.63, 3.8) is 0 Å². The van der Waals surface area contributed by atoms with E-state index in [1.807, 2.05) is 0 Å². The van der Waals surface area contributed by atoms with Crippen molar-refractivity contribution in [3.05, 3.63) is 48.6 Å². The SMILES string of the molecule is CCCCCC/C=C/C=C\C/C=C\C/C=C\CCCNO. The van der Waals surface area contributed by atoms with Gasteiger partial charge in [0, 0.05) is 6.54 Å². The Balaban J connectivity index is 3.37. The normalized spacial score (nSPS) is 12.7. The van der Waals surface area contributed by atoms with Crippen molar-refractivity contribution in [2.45, 2.75) is 64.7 Å². The van der Waals surface area contributed by atoms with E-state index in [0.29, 0.717) is 6.54 Å². The number of hydrogen-bond acceptors (Lipinski definition) is 2. The van der Waals surface area contributed by atoms with Gasteiger partial charge in [-0.2, -0.15) is 0 Å². The van der Waals surface area contributed by atoms with Gasteiger partial charge in [-0.25, -0.2) is 5.48 Å². The summed E-state index contributed by atoms with van der Waals surface area (Å²) in [6.45, 7) is 2.91. The molecule has 0 spiro atoms. The lowest BCUT2D eigenvalue weighted by Gasteiger charge is -1.92. The largest absolute Gasteiger partial charge is 0.317 e. The third-order valence-corrected chi connectivity index (χ3v) is 3.14. The Morgan fingerprint density at radius 1 is 0.714 bits per heavy atom. The van der Waals surface area contributed by atoms with Crippen LogP contribution >= 0.6 is 0 Å². The second-order valence-electron chi connectivity index (χ2n) is 5.17. The van der Waals surface area contributed by atoms with Crippen molar-refractivity contribution in [3.8, 4) is 0 Å². The molecule has 0 saturated carbocycles. The molecule has 0 fully saturated rings. The van der Waals surface area contributed by atoms with E-state index >= 15 is 0 Å². The number of hydroxylamine groups is 1. The highest BCUT2D eigenvalue weighted by Gasteiger charge is 1.83. The van der Waals surface area contributed by atoms with Crippen LogP contribution < -0.4 is 5.48 Å². The predicted octanol–water partition coefficient (Wildman–Crippen LogP) is 5.72. The van der Waals surface area contributed by atoms with Crippen molar-refractivity contribution < 1.29 is 5.21 Å². The fourth-order valence-electron chi connectivity index (χ4n) is 1.88. The molecule has 21 heavy (non-hydrogen) atoms. The fraction of sp³-hybridized carbons (Fsp3) is 0.579. The monoisotopic (exact) mass is 291 g/mol. The molecule has 0 aromatic carbocycles. The zero-order valence-electron chi connectivity index (χ0n) is 13.6. The van der Waals surface area contributed by atoms with Crippen LogP contribution in [0.5, 0.6) is 0 Å². The van der Waals surface area contributed by atoms with Crippen LogP contribution in [0.4, 0.5) is 0 Å². The van der Waals surface area contributed by atoms with Gasteiger partial charge in [-0.15, -0.1) is 0 Å². The van der Waals surface area contributed by atoms with Crippen molar-refractivity contribution in [1.82, 2.24) is 5.48 Å². The molecule has 0 aliphatic heterocycles. The molecule has 0 bridgehead atoms. The molecule has 2 N–H and O–H groups in total. The van der Waals surface area contributed by atoms with Gasteiger partial charge in [0.25, 0.3) is 0 Å². The highest BCUT2D eigenvalue weighted by molar-refractivity contribution is 5.05. The molecule has 0 amide bonds. The van der Waals surface area contributed by atoms with Gasteiger partial charge >= 0.3 is 0 Å². The number of hydrogen-bond donors (Lipinski definition) is 2. The number of rotatable bonds is 14. The van der Waals surface area contributed by atoms with Crippen molar-refractivity contribution in [1.29, 1.82) is 0 Å². The molecule has 0 radical (unpaired) electrons. The minimum Gasteiger partial charge on any atom is -0.317 e. The smallest absolute Gasteiger partial charge is 0.0210 e. The molecule has 2 nitrogen and oxygen atoms in total. The average molecular weight is 291 g/mol. The lowest BCUT2D eigenvalue weighted by molar-refractivity contribution is 0.166. The Morgan fingerprint density at radius 3 is 2.14 bits per heavy atom. The first-order valence-electron chi connectivity index (χ1n) is 8.40. The van der Waals surface area contributed by atoms with Crippen LogP contribution in [0.2, 0.25) is 0 Å². The van der Waals surface area contributed by atoms with Crippen LogP contribution in [0.3, 0.4) is 0 Å². The summed E-state index contributed by atoms with van der Waals surface area (Å²) in [6, 6.07) is 0. The molecule has 0 aliphatic rings. The van der Waals surface area contributed by atoms with Gasteiger partial charge in [0.15, 0.2) is 0 Å². The van der Waals surface area contributed by atoms with E-state index in [-0.39, 0.29) is 0 Å². The van der Waals surface area contributed by atoms with Crippen LogP contribution in [0, 0.1) is 0 Å². The van der Waals surface area contributed by atoms with Crippen LogP contribution in [0.1, 0.15) is 64.7 Å². The maximum Gasteiger partial charge on any atom is 0.0210 e. The van der Waals surface area contributed by atoms with Gasteiger partial charge in [0.2, 0.25) is 0 Å². The van der Waals surface area contributed by atoms with E-state index in [9.17, 15) is 0 Å². The number of nitrogens with one attached hydrogen (secondary N) is 1. The Kier molecular flexibility index (Phi) is 17.9. The topological polar surface area (TPSA) is 32.3 Å². The van der Waals surface area contributed by atoms with Gasteiger partial charge in [-0.1, -0.05) is 74.8 Å². The summed E-state index contributed by atoms with van der Waals surface area (Å²) < 4.78 is 0.